The molecular weight excluding hydrogens is 1170 g/mol. The number of rotatable bonds is 71. The number of nitrogens with zero attached hydrogens (tertiary/aromatic N) is 1. The highest BCUT2D eigenvalue weighted by Crippen LogP contribution is 2.18. The normalized spacial score (nSPS) is 13.5. The predicted molar refractivity (Wildman–Crippen MR) is 410 cm³/mol. The van der Waals surface area contributed by atoms with Crippen molar-refractivity contribution in [1.29, 1.82) is 0 Å². The first-order valence-electron chi connectivity index (χ1n) is 39.0. The summed E-state index contributed by atoms with van der Waals surface area (Å²) < 4.78 is 23.0. The van der Waals surface area contributed by atoms with Crippen molar-refractivity contribution in [2.75, 3.05) is 47.5 Å². The van der Waals surface area contributed by atoms with E-state index in [1.807, 2.05) is 21.1 Å². The number of esters is 2. The van der Waals surface area contributed by atoms with Gasteiger partial charge in [-0.15, -0.1) is 0 Å². The number of quaternary nitrogens is 1. The van der Waals surface area contributed by atoms with E-state index >= 15 is 0 Å². The zero-order valence-electron chi connectivity index (χ0n) is 62.0. The minimum atomic E-state index is -1.52. The molecule has 0 aliphatic rings. The smallest absolute Gasteiger partial charge is 0.361 e. The summed E-state index contributed by atoms with van der Waals surface area (Å²) in [7, 11) is 5.98. The van der Waals surface area contributed by atoms with Crippen molar-refractivity contribution in [2.24, 2.45) is 0 Å². The summed E-state index contributed by atoms with van der Waals surface area (Å²) in [5, 5.41) is 9.77. The maximum absolute atomic E-state index is 13.0. The third-order valence-electron chi connectivity index (χ3n) is 16.6. The van der Waals surface area contributed by atoms with Gasteiger partial charge in [-0.05, 0) is 116 Å². The van der Waals surface area contributed by atoms with Crippen LogP contribution in [0.15, 0.2) is 146 Å². The molecule has 0 amide bonds. The average Bonchev–Trinajstić information content (AvgIpc) is 2.92. The minimum absolute atomic E-state index is 0.184. The van der Waals surface area contributed by atoms with Gasteiger partial charge >= 0.3 is 17.9 Å². The van der Waals surface area contributed by atoms with E-state index in [2.05, 4.69) is 160 Å². The van der Waals surface area contributed by atoms with Crippen LogP contribution in [-0.2, 0) is 33.3 Å². The SMILES string of the molecule is CC/C=C\C/C=C\C/C=C\C/C=C\C/C=C\C/C=C\C/C=C\CCCCCCCCCCCCCCCCCCCC(=O)OC(COC(=O)CCCCCCCCCCCCCCCCC/C=C\C/C=C\C/C=C\C/C=C\C/C=C\CC)COC(OCC[N+](C)(C)C)C(=O)O. The molecule has 542 valence electrons. The van der Waals surface area contributed by atoms with Gasteiger partial charge in [0.05, 0.1) is 34.4 Å². The molecule has 0 aromatic heterocycles. The Kier molecular flexibility index (Phi) is 71.1. The van der Waals surface area contributed by atoms with Crippen molar-refractivity contribution < 1.29 is 42.9 Å². The molecule has 1 N–H and O–H groups in total. The van der Waals surface area contributed by atoms with Crippen LogP contribution in [0.3, 0.4) is 0 Å². The van der Waals surface area contributed by atoms with Crippen LogP contribution in [0.5, 0.6) is 0 Å². The molecule has 0 saturated carbocycles. The van der Waals surface area contributed by atoms with Crippen LogP contribution in [0.1, 0.15) is 322 Å². The Balaban J connectivity index is 4.05. The first kappa shape index (κ1) is 90.2. The summed E-state index contributed by atoms with van der Waals surface area (Å²) in [6, 6.07) is 0. The van der Waals surface area contributed by atoms with Crippen LogP contribution in [0, 0.1) is 0 Å². The van der Waals surface area contributed by atoms with Crippen molar-refractivity contribution in [3.63, 3.8) is 0 Å². The molecule has 9 heteroatoms. The summed E-state index contributed by atoms with van der Waals surface area (Å²) >= 11 is 0. The van der Waals surface area contributed by atoms with Crippen LogP contribution >= 0.6 is 0 Å². The molecule has 0 bridgehead atoms. The van der Waals surface area contributed by atoms with Crippen LogP contribution in [0.2, 0.25) is 0 Å². The molecule has 0 rings (SSSR count). The first-order valence-corrected chi connectivity index (χ1v) is 39.0. The average molecular weight is 1320 g/mol. The second kappa shape index (κ2) is 75.0. The number of allylic oxidation sites excluding steroid dienone is 24. The van der Waals surface area contributed by atoms with E-state index in [1.54, 1.807) is 0 Å². The van der Waals surface area contributed by atoms with E-state index in [0.29, 0.717) is 17.4 Å². The number of carbonyl (C=O) groups is 3. The topological polar surface area (TPSA) is 108 Å². The van der Waals surface area contributed by atoms with Crippen molar-refractivity contribution in [1.82, 2.24) is 0 Å². The number of unbranched alkanes of at least 4 members (excludes halogenated alkanes) is 32. The van der Waals surface area contributed by atoms with Gasteiger partial charge in [0.15, 0.2) is 6.10 Å². The number of carboxylic acids is 1. The Bertz CT molecular complexity index is 2080. The third kappa shape index (κ3) is 76.4. The first-order chi connectivity index (χ1) is 46.6. The van der Waals surface area contributed by atoms with Gasteiger partial charge in [0, 0.05) is 12.8 Å². The maximum atomic E-state index is 13.0. The molecule has 0 aromatic carbocycles. The van der Waals surface area contributed by atoms with Gasteiger partial charge in [0.1, 0.15) is 13.2 Å². The summed E-state index contributed by atoms with van der Waals surface area (Å²) in [4.78, 5) is 37.7. The number of likely N-dealkylation sites (N-methyl/N-ethyl adjacent to an activating group) is 1. The fourth-order valence-electron chi connectivity index (χ4n) is 10.7. The van der Waals surface area contributed by atoms with Gasteiger partial charge in [-0.1, -0.05) is 339 Å². The number of carbonyl (C=O) groups excluding carboxylic acids is 2. The zero-order valence-corrected chi connectivity index (χ0v) is 62.0. The third-order valence-corrected chi connectivity index (χ3v) is 16.6. The summed E-state index contributed by atoms with van der Waals surface area (Å²) in [6.07, 6.45) is 107. The molecule has 0 heterocycles. The van der Waals surface area contributed by atoms with Gasteiger partial charge in [-0.2, -0.15) is 0 Å². The fraction of sp³-hybridized carbons (Fsp3) is 0.686. The number of carboxylic acid groups (broad SMARTS) is 1. The minimum Gasteiger partial charge on any atom is -0.477 e. The molecule has 0 radical (unpaired) electrons. The van der Waals surface area contributed by atoms with E-state index in [1.165, 1.54) is 180 Å². The lowest BCUT2D eigenvalue weighted by molar-refractivity contribution is -0.870. The van der Waals surface area contributed by atoms with Gasteiger partial charge in [-0.25, -0.2) is 4.79 Å². The Hall–Kier alpha value is -4.83. The lowest BCUT2D eigenvalue weighted by Crippen LogP contribution is -2.40. The van der Waals surface area contributed by atoms with Crippen LogP contribution in [0.4, 0.5) is 0 Å². The van der Waals surface area contributed by atoms with E-state index in [-0.39, 0.29) is 32.2 Å². The highest BCUT2D eigenvalue weighted by atomic mass is 16.7. The van der Waals surface area contributed by atoms with E-state index in [9.17, 15) is 19.5 Å². The molecule has 95 heavy (non-hydrogen) atoms. The lowest BCUT2D eigenvalue weighted by atomic mass is 10.0. The van der Waals surface area contributed by atoms with Crippen molar-refractivity contribution in [2.45, 2.75) is 334 Å². The van der Waals surface area contributed by atoms with Gasteiger partial charge < -0.3 is 28.5 Å². The molecule has 0 fully saturated rings. The number of hydrogen-bond donors (Lipinski definition) is 1. The Morgan fingerprint density at radius 2 is 0.568 bits per heavy atom. The molecule has 9 nitrogen and oxygen atoms in total. The van der Waals surface area contributed by atoms with Crippen LogP contribution in [0.25, 0.3) is 0 Å². The number of aliphatic carboxylic acids is 1. The highest BCUT2D eigenvalue weighted by Gasteiger charge is 2.25. The Morgan fingerprint density at radius 1 is 0.316 bits per heavy atom. The van der Waals surface area contributed by atoms with Gasteiger partial charge in [0.2, 0.25) is 0 Å². The second-order valence-corrected chi connectivity index (χ2v) is 26.9. The molecule has 0 aromatic rings. The molecule has 2 atom stereocenters. The van der Waals surface area contributed by atoms with E-state index < -0.39 is 24.3 Å². The lowest BCUT2D eigenvalue weighted by Gasteiger charge is -2.25. The maximum Gasteiger partial charge on any atom is 0.361 e. The van der Waals surface area contributed by atoms with E-state index in [0.717, 1.165) is 116 Å². The Labute approximate surface area is 585 Å². The predicted octanol–water partition coefficient (Wildman–Crippen LogP) is 25.0. The summed E-state index contributed by atoms with van der Waals surface area (Å²) in [6.45, 7) is 4.67. The van der Waals surface area contributed by atoms with Gasteiger partial charge in [-0.3, -0.25) is 9.59 Å². The molecular formula is C86H146NO8+. The fourth-order valence-corrected chi connectivity index (χ4v) is 10.7. The largest absolute Gasteiger partial charge is 0.477 e. The zero-order chi connectivity index (χ0) is 69.0. The molecule has 0 saturated heterocycles. The number of hydrogen-bond acceptors (Lipinski definition) is 7. The molecule has 0 aliphatic heterocycles. The van der Waals surface area contributed by atoms with Crippen molar-refractivity contribution in [3.05, 3.63) is 146 Å². The Morgan fingerprint density at radius 3 is 0.842 bits per heavy atom. The van der Waals surface area contributed by atoms with Crippen LogP contribution < -0.4 is 0 Å². The molecule has 2 unspecified atom stereocenters. The standard InChI is InChI=1S/C86H145NO8/c1-6-8-10-12-14-16-18-20-22-24-26-28-30-32-34-36-38-39-40-41-42-43-44-45-47-49-51-53-55-57-59-61-63-65-67-69-71-73-75-77-84(89)95-82(81-94-86(85(90)91)92-79-78-87(3,4)5)80-93-83(88)76-74-72-70-68-66-64-62-60-58-56-54-52-50-48-46-37-35-33-31-29-27-25-23-21-19-17-15-13-11-9-7-2/h8-11,14-17,20-23,26-29,32-35,38-39,41-42,82,86H,6-7,12-13,18-19,24-25,30-31,36-37,40,43-81H2,1-5H3/p+1/b10-8-,11-9-,16-14-,17-15-,22-20-,23-21-,28-26-,29-27-,34-32-,35-33-,39-38-,42-41-. The van der Waals surface area contributed by atoms with Crippen molar-refractivity contribution >= 4 is 17.9 Å². The second-order valence-electron chi connectivity index (χ2n) is 26.9. The monoisotopic (exact) mass is 1320 g/mol. The molecule has 0 spiro atoms. The summed E-state index contributed by atoms with van der Waals surface area (Å²) in [5.74, 6) is -2.00. The summed E-state index contributed by atoms with van der Waals surface area (Å²) in [5.41, 5.74) is 0. The van der Waals surface area contributed by atoms with Crippen molar-refractivity contribution in [3.8, 4) is 0 Å². The highest BCUT2D eigenvalue weighted by molar-refractivity contribution is 5.71. The number of ether oxygens (including phenoxy) is 4. The quantitative estimate of drug-likeness (QED) is 0.0211. The van der Waals surface area contributed by atoms with Crippen LogP contribution in [-0.4, -0.2) is 87.4 Å². The van der Waals surface area contributed by atoms with Gasteiger partial charge in [0.25, 0.3) is 6.29 Å². The van der Waals surface area contributed by atoms with E-state index in [4.69, 9.17) is 18.9 Å². The molecule has 0 aliphatic carbocycles.